The Bertz CT molecular complexity index is 1090. The number of rotatable bonds is 7. The van der Waals surface area contributed by atoms with E-state index in [2.05, 4.69) is 36.8 Å². The van der Waals surface area contributed by atoms with Crippen molar-refractivity contribution >= 4 is 56.8 Å². The monoisotopic (exact) mass is 507 g/mol. The lowest BCUT2D eigenvalue weighted by atomic mass is 10.2. The van der Waals surface area contributed by atoms with Crippen LogP contribution >= 0.6 is 39.3 Å². The van der Waals surface area contributed by atoms with Crippen LogP contribution in [0.5, 0.6) is 0 Å². The van der Waals surface area contributed by atoms with Crippen LogP contribution in [0, 0.1) is 6.92 Å². The van der Waals surface area contributed by atoms with Gasteiger partial charge in [0.25, 0.3) is 5.91 Å². The zero-order valence-electron chi connectivity index (χ0n) is 16.3. The minimum atomic E-state index is -0.211. The van der Waals surface area contributed by atoms with E-state index >= 15 is 0 Å². The topological polar surface area (TPSA) is 88.9 Å². The van der Waals surface area contributed by atoms with Gasteiger partial charge in [-0.15, -0.1) is 10.2 Å². The van der Waals surface area contributed by atoms with Gasteiger partial charge in [0.05, 0.1) is 17.9 Å². The van der Waals surface area contributed by atoms with Gasteiger partial charge in [-0.05, 0) is 58.7 Å². The summed E-state index contributed by atoms with van der Waals surface area (Å²) in [6, 6.07) is 12.5. The SMILES string of the molecule is Cc1cc(Cl)ccc1NC(=O)CSc1nnc(CNC(=O)c2ccccc2Br)n1C. The van der Waals surface area contributed by atoms with E-state index in [4.69, 9.17) is 11.6 Å². The van der Waals surface area contributed by atoms with Crippen molar-refractivity contribution in [3.63, 3.8) is 0 Å². The lowest BCUT2D eigenvalue weighted by molar-refractivity contribution is -0.113. The zero-order valence-corrected chi connectivity index (χ0v) is 19.4. The van der Waals surface area contributed by atoms with Gasteiger partial charge in [0.2, 0.25) is 5.91 Å². The first-order chi connectivity index (χ1) is 14.3. The average Bonchev–Trinajstić information content (AvgIpc) is 3.06. The highest BCUT2D eigenvalue weighted by Gasteiger charge is 2.14. The third-order valence-corrected chi connectivity index (χ3v) is 6.19. The number of carbonyl (C=O) groups excluding carboxylic acids is 2. The number of thioether (sulfide) groups is 1. The molecular weight excluding hydrogens is 490 g/mol. The number of aromatic nitrogens is 3. The Hall–Kier alpha value is -2.36. The number of nitrogens with zero attached hydrogens (tertiary/aromatic N) is 3. The molecule has 156 valence electrons. The average molecular weight is 509 g/mol. The van der Waals surface area contributed by atoms with Crippen LogP contribution in [0.4, 0.5) is 5.69 Å². The molecular formula is C20H19BrClN5O2S. The number of aryl methyl sites for hydroxylation is 1. The fourth-order valence-corrected chi connectivity index (χ4v) is 4.03. The largest absolute Gasteiger partial charge is 0.345 e. The summed E-state index contributed by atoms with van der Waals surface area (Å²) in [4.78, 5) is 24.6. The zero-order chi connectivity index (χ0) is 21.7. The highest BCUT2D eigenvalue weighted by atomic mass is 79.9. The maximum absolute atomic E-state index is 12.3. The number of hydrogen-bond acceptors (Lipinski definition) is 5. The van der Waals surface area contributed by atoms with Crippen LogP contribution in [0.25, 0.3) is 0 Å². The van der Waals surface area contributed by atoms with E-state index in [0.717, 1.165) is 15.7 Å². The van der Waals surface area contributed by atoms with Gasteiger partial charge >= 0.3 is 0 Å². The molecule has 0 saturated heterocycles. The first-order valence-corrected chi connectivity index (χ1v) is 11.1. The first-order valence-electron chi connectivity index (χ1n) is 8.95. The van der Waals surface area contributed by atoms with Gasteiger partial charge in [0, 0.05) is 22.2 Å². The fourth-order valence-electron chi connectivity index (χ4n) is 2.61. The highest BCUT2D eigenvalue weighted by Crippen LogP contribution is 2.21. The molecule has 2 amide bonds. The van der Waals surface area contributed by atoms with E-state index in [1.807, 2.05) is 19.1 Å². The van der Waals surface area contributed by atoms with Crippen LogP contribution in [-0.2, 0) is 18.4 Å². The van der Waals surface area contributed by atoms with Crippen molar-refractivity contribution in [3.8, 4) is 0 Å². The Morgan fingerprint density at radius 2 is 1.97 bits per heavy atom. The Balaban J connectivity index is 1.54. The number of carbonyl (C=O) groups is 2. The van der Waals surface area contributed by atoms with Gasteiger partial charge in [0.1, 0.15) is 0 Å². The molecule has 0 unspecified atom stereocenters. The summed E-state index contributed by atoms with van der Waals surface area (Å²) in [6.45, 7) is 2.10. The summed E-state index contributed by atoms with van der Waals surface area (Å²) in [5.41, 5.74) is 2.16. The molecule has 1 aromatic heterocycles. The lowest BCUT2D eigenvalue weighted by Gasteiger charge is -2.09. The second-order valence-corrected chi connectivity index (χ2v) is 8.65. The van der Waals surface area contributed by atoms with Crippen LogP contribution in [0.3, 0.4) is 0 Å². The molecule has 7 nitrogen and oxygen atoms in total. The number of nitrogens with one attached hydrogen (secondary N) is 2. The third-order valence-electron chi connectivity index (χ3n) is 4.25. The fraction of sp³-hybridized carbons (Fsp3) is 0.200. The molecule has 2 N–H and O–H groups in total. The number of hydrogen-bond donors (Lipinski definition) is 2. The maximum Gasteiger partial charge on any atom is 0.252 e. The second-order valence-electron chi connectivity index (χ2n) is 6.42. The van der Waals surface area contributed by atoms with Gasteiger partial charge in [-0.3, -0.25) is 9.59 Å². The minimum absolute atomic E-state index is 0.155. The van der Waals surface area contributed by atoms with Gasteiger partial charge in [-0.2, -0.15) is 0 Å². The molecule has 30 heavy (non-hydrogen) atoms. The molecule has 0 radical (unpaired) electrons. The van der Waals surface area contributed by atoms with Crippen molar-refractivity contribution in [2.45, 2.75) is 18.6 Å². The van der Waals surface area contributed by atoms with E-state index in [1.54, 1.807) is 41.9 Å². The van der Waals surface area contributed by atoms with Crippen molar-refractivity contribution in [3.05, 3.63) is 68.9 Å². The van der Waals surface area contributed by atoms with Crippen LogP contribution < -0.4 is 10.6 Å². The Kier molecular flexibility index (Phi) is 7.52. The molecule has 2 aromatic carbocycles. The van der Waals surface area contributed by atoms with Gasteiger partial charge in [-0.25, -0.2) is 0 Å². The smallest absolute Gasteiger partial charge is 0.252 e. The quantitative estimate of drug-likeness (QED) is 0.467. The van der Waals surface area contributed by atoms with Crippen LogP contribution in [0.15, 0.2) is 52.1 Å². The molecule has 0 saturated carbocycles. The van der Waals surface area contributed by atoms with E-state index in [-0.39, 0.29) is 24.1 Å². The molecule has 0 atom stereocenters. The van der Waals surface area contributed by atoms with Crippen LogP contribution in [-0.4, -0.2) is 32.3 Å². The Labute approximate surface area is 191 Å². The Morgan fingerprint density at radius 1 is 1.20 bits per heavy atom. The van der Waals surface area contributed by atoms with Gasteiger partial charge in [-0.1, -0.05) is 35.5 Å². The predicted octanol–water partition coefficient (Wildman–Crippen LogP) is 4.20. The lowest BCUT2D eigenvalue weighted by Crippen LogP contribution is -2.24. The summed E-state index contributed by atoms with van der Waals surface area (Å²) in [6.07, 6.45) is 0. The number of amides is 2. The van der Waals surface area contributed by atoms with Crippen molar-refractivity contribution < 1.29 is 9.59 Å². The second kappa shape index (κ2) is 10.1. The molecule has 0 fully saturated rings. The molecule has 3 rings (SSSR count). The summed E-state index contributed by atoms with van der Waals surface area (Å²) < 4.78 is 2.48. The third kappa shape index (κ3) is 5.62. The summed E-state index contributed by atoms with van der Waals surface area (Å²) in [5.74, 6) is 0.402. The number of halogens is 2. The van der Waals surface area contributed by atoms with Crippen LogP contribution in [0.2, 0.25) is 5.02 Å². The molecule has 1 heterocycles. The van der Waals surface area contributed by atoms with Crippen molar-refractivity contribution in [2.24, 2.45) is 7.05 Å². The van der Waals surface area contributed by atoms with Crippen molar-refractivity contribution in [1.29, 1.82) is 0 Å². The Morgan fingerprint density at radius 3 is 2.70 bits per heavy atom. The molecule has 10 heteroatoms. The molecule has 0 spiro atoms. The first kappa shape index (κ1) is 22.3. The molecule has 3 aromatic rings. The molecule has 0 aliphatic heterocycles. The van der Waals surface area contributed by atoms with Gasteiger partial charge in [0.15, 0.2) is 11.0 Å². The summed E-state index contributed by atoms with van der Waals surface area (Å²) in [5, 5.41) is 15.1. The van der Waals surface area contributed by atoms with Crippen molar-refractivity contribution in [1.82, 2.24) is 20.1 Å². The molecule has 0 bridgehead atoms. The summed E-state index contributed by atoms with van der Waals surface area (Å²) >= 11 is 10.6. The highest BCUT2D eigenvalue weighted by molar-refractivity contribution is 9.10. The van der Waals surface area contributed by atoms with Gasteiger partial charge < -0.3 is 15.2 Å². The minimum Gasteiger partial charge on any atom is -0.345 e. The van der Waals surface area contributed by atoms with E-state index in [0.29, 0.717) is 21.6 Å². The van der Waals surface area contributed by atoms with E-state index < -0.39 is 0 Å². The molecule has 0 aliphatic carbocycles. The normalized spacial score (nSPS) is 10.7. The number of anilines is 1. The predicted molar refractivity (Wildman–Crippen MR) is 122 cm³/mol. The van der Waals surface area contributed by atoms with E-state index in [9.17, 15) is 9.59 Å². The number of benzene rings is 2. The van der Waals surface area contributed by atoms with E-state index in [1.165, 1.54) is 11.8 Å². The van der Waals surface area contributed by atoms with Crippen molar-refractivity contribution in [2.75, 3.05) is 11.1 Å². The standard InChI is InChI=1S/C20H19BrClN5O2S/c1-12-9-13(22)7-8-16(12)24-18(28)11-30-20-26-25-17(27(20)2)10-23-19(29)14-5-3-4-6-15(14)21/h3-9H,10-11H2,1-2H3,(H,23,29)(H,24,28). The maximum atomic E-state index is 12.3. The molecule has 0 aliphatic rings. The summed E-state index contributed by atoms with van der Waals surface area (Å²) in [7, 11) is 1.80. The van der Waals surface area contributed by atoms with Crippen LogP contribution in [0.1, 0.15) is 21.7 Å².